The van der Waals surface area contributed by atoms with Crippen molar-refractivity contribution in [3.8, 4) is 27.9 Å². The van der Waals surface area contributed by atoms with Crippen LogP contribution >= 0.6 is 0 Å². The zero-order chi connectivity index (χ0) is 32.3. The Hall–Kier alpha value is -5.21. The number of nitrogens with zero attached hydrogens (tertiary/aromatic N) is 2. The zero-order valence-electron chi connectivity index (χ0n) is 27.9. The maximum atomic E-state index is 2.50. The van der Waals surface area contributed by atoms with Gasteiger partial charge in [0.05, 0.1) is 5.52 Å². The van der Waals surface area contributed by atoms with Gasteiger partial charge in [0.15, 0.2) is 6.20 Å². The van der Waals surface area contributed by atoms with E-state index in [1.807, 2.05) is 0 Å². The molecule has 2 aliphatic rings. The Morgan fingerprint density at radius 3 is 1.87 bits per heavy atom. The standard InChI is InChI=1S/C45H41N2/c1-30-36-18-12-13-19-37(36)41(45(2,3)4)27-38(30)43-28-40-39-26-34(33-22-20-32(21-23-33)31-14-8-6-9-15-31)24-25-42(39)47(44(40)29-46(43)5)35-16-10-7-11-17-35/h6-29,36-37H,1-5H3/q+1. The third kappa shape index (κ3) is 5.00. The predicted molar refractivity (Wildman–Crippen MR) is 198 cm³/mol. The zero-order valence-corrected chi connectivity index (χ0v) is 27.9. The molecular formula is C45H41N2+. The number of pyridine rings is 1. The van der Waals surface area contributed by atoms with Crippen molar-refractivity contribution in [2.75, 3.05) is 0 Å². The smallest absolute Gasteiger partial charge is 0.212 e. The molecular weight excluding hydrogens is 569 g/mol. The van der Waals surface area contributed by atoms with Crippen LogP contribution in [0.5, 0.6) is 0 Å². The summed E-state index contributed by atoms with van der Waals surface area (Å²) >= 11 is 0. The van der Waals surface area contributed by atoms with Crippen molar-refractivity contribution in [1.82, 2.24) is 4.57 Å². The van der Waals surface area contributed by atoms with Crippen molar-refractivity contribution in [2.24, 2.45) is 24.3 Å². The van der Waals surface area contributed by atoms with Crippen LogP contribution in [0.2, 0.25) is 0 Å². The first-order valence-corrected chi connectivity index (χ1v) is 16.8. The number of aromatic nitrogens is 2. The summed E-state index contributed by atoms with van der Waals surface area (Å²) < 4.78 is 4.75. The number of aryl methyl sites for hydroxylation is 1. The lowest BCUT2D eigenvalue weighted by molar-refractivity contribution is -0.672. The number of fused-ring (bicyclic) bond motifs is 4. The molecule has 0 bridgehead atoms. The minimum Gasteiger partial charge on any atom is -0.304 e. The van der Waals surface area contributed by atoms with E-state index in [4.69, 9.17) is 0 Å². The van der Waals surface area contributed by atoms with Crippen molar-refractivity contribution >= 4 is 27.4 Å². The van der Waals surface area contributed by atoms with Gasteiger partial charge in [0.1, 0.15) is 12.6 Å². The molecule has 47 heavy (non-hydrogen) atoms. The lowest BCUT2D eigenvalue weighted by atomic mass is 9.66. The molecule has 0 amide bonds. The average Bonchev–Trinajstić information content (AvgIpc) is 3.41. The molecule has 8 rings (SSSR count). The molecule has 4 aromatic carbocycles. The van der Waals surface area contributed by atoms with Gasteiger partial charge >= 0.3 is 0 Å². The molecule has 0 spiro atoms. The summed E-state index contributed by atoms with van der Waals surface area (Å²) in [4.78, 5) is 0. The molecule has 0 saturated heterocycles. The Labute approximate surface area is 278 Å². The van der Waals surface area contributed by atoms with Crippen molar-refractivity contribution in [3.05, 3.63) is 163 Å². The molecule has 2 heteroatoms. The van der Waals surface area contributed by atoms with Crippen LogP contribution in [0, 0.1) is 17.3 Å². The Balaban J connectivity index is 1.34. The van der Waals surface area contributed by atoms with E-state index >= 15 is 0 Å². The van der Waals surface area contributed by atoms with Gasteiger partial charge in [-0.05, 0) is 64.9 Å². The fourth-order valence-corrected chi connectivity index (χ4v) is 7.75. The highest BCUT2D eigenvalue weighted by atomic mass is 15.0. The van der Waals surface area contributed by atoms with Gasteiger partial charge in [-0.3, -0.25) is 0 Å². The SMILES string of the molecule is CC1=C(c2cc3c4cc(-c5ccc(-c6ccccc6)cc5)ccc4n(-c4ccccc4)c3c[n+]2C)C=C(C(C)(C)C)C2C=CC=CC12. The molecule has 2 nitrogen and oxygen atoms in total. The molecule has 6 aromatic rings. The van der Waals surface area contributed by atoms with Crippen molar-refractivity contribution in [2.45, 2.75) is 27.7 Å². The molecule has 2 aliphatic carbocycles. The normalized spacial score (nSPS) is 17.8. The summed E-state index contributed by atoms with van der Waals surface area (Å²) in [5, 5.41) is 2.54. The second-order valence-corrected chi connectivity index (χ2v) is 14.2. The van der Waals surface area contributed by atoms with Crippen molar-refractivity contribution in [3.63, 3.8) is 0 Å². The Morgan fingerprint density at radius 2 is 1.19 bits per heavy atom. The van der Waals surface area contributed by atoms with Crippen LogP contribution in [0.15, 0.2) is 157 Å². The van der Waals surface area contributed by atoms with E-state index < -0.39 is 0 Å². The van der Waals surface area contributed by atoms with Gasteiger partial charge in [-0.2, -0.15) is 4.57 Å². The molecule has 0 saturated carbocycles. The number of para-hydroxylation sites is 1. The molecule has 0 aliphatic heterocycles. The highest BCUT2D eigenvalue weighted by Crippen LogP contribution is 2.47. The Bertz CT molecular complexity index is 2270. The van der Waals surface area contributed by atoms with E-state index in [-0.39, 0.29) is 5.41 Å². The molecule has 0 radical (unpaired) electrons. The van der Waals surface area contributed by atoms with Gasteiger partial charge < -0.3 is 4.57 Å². The van der Waals surface area contributed by atoms with Crippen molar-refractivity contribution in [1.29, 1.82) is 0 Å². The fourth-order valence-electron chi connectivity index (χ4n) is 7.75. The second-order valence-electron chi connectivity index (χ2n) is 14.2. The number of benzene rings is 4. The first-order chi connectivity index (χ1) is 22.8. The van der Waals surface area contributed by atoms with Gasteiger partial charge in [-0.1, -0.05) is 135 Å². The maximum Gasteiger partial charge on any atom is 0.212 e. The topological polar surface area (TPSA) is 8.81 Å². The number of hydrogen-bond donors (Lipinski definition) is 0. The lowest BCUT2D eigenvalue weighted by Gasteiger charge is -2.38. The largest absolute Gasteiger partial charge is 0.304 e. The van der Waals surface area contributed by atoms with E-state index in [0.29, 0.717) is 11.8 Å². The fraction of sp³-hybridized carbons (Fsp3) is 0.178. The van der Waals surface area contributed by atoms with E-state index in [9.17, 15) is 0 Å². The third-order valence-corrected chi connectivity index (χ3v) is 10.2. The quantitative estimate of drug-likeness (QED) is 0.176. The number of allylic oxidation sites excluding steroid dienone is 8. The van der Waals surface area contributed by atoms with Crippen LogP contribution in [0.25, 0.3) is 55.3 Å². The van der Waals surface area contributed by atoms with Gasteiger partial charge in [-0.15, -0.1) is 0 Å². The summed E-state index contributed by atoms with van der Waals surface area (Å²) in [6, 6.07) is 39.7. The monoisotopic (exact) mass is 609 g/mol. The van der Waals surface area contributed by atoms with E-state index in [0.717, 1.165) is 0 Å². The van der Waals surface area contributed by atoms with E-state index in [2.05, 4.69) is 190 Å². The van der Waals surface area contributed by atoms with E-state index in [1.54, 1.807) is 0 Å². The van der Waals surface area contributed by atoms with Gasteiger partial charge in [0, 0.05) is 39.9 Å². The molecule has 0 fully saturated rings. The first-order valence-electron chi connectivity index (χ1n) is 16.8. The van der Waals surface area contributed by atoms with Crippen LogP contribution < -0.4 is 4.57 Å². The van der Waals surface area contributed by atoms with Gasteiger partial charge in [0.25, 0.3) is 0 Å². The second kappa shape index (κ2) is 11.2. The van der Waals surface area contributed by atoms with E-state index in [1.165, 1.54) is 72.2 Å². The predicted octanol–water partition coefficient (Wildman–Crippen LogP) is 11.1. The van der Waals surface area contributed by atoms with Crippen LogP contribution in [0.1, 0.15) is 33.4 Å². The minimum absolute atomic E-state index is 0.0708. The molecule has 2 aromatic heterocycles. The molecule has 230 valence electrons. The lowest BCUT2D eigenvalue weighted by Crippen LogP contribution is -2.35. The Kier molecular flexibility index (Phi) is 6.99. The van der Waals surface area contributed by atoms with Gasteiger partial charge in [0.2, 0.25) is 5.69 Å². The highest BCUT2D eigenvalue weighted by Gasteiger charge is 2.36. The van der Waals surface area contributed by atoms with Crippen LogP contribution in [0.4, 0.5) is 0 Å². The third-order valence-electron chi connectivity index (χ3n) is 10.2. The summed E-state index contributed by atoms with van der Waals surface area (Å²) in [5.74, 6) is 0.787. The molecule has 2 atom stereocenters. The summed E-state index contributed by atoms with van der Waals surface area (Å²) in [7, 11) is 2.20. The Morgan fingerprint density at radius 1 is 0.617 bits per heavy atom. The minimum atomic E-state index is 0.0708. The average molecular weight is 610 g/mol. The summed E-state index contributed by atoms with van der Waals surface area (Å²) in [6.07, 6.45) is 14.1. The van der Waals surface area contributed by atoms with Crippen molar-refractivity contribution < 1.29 is 4.57 Å². The molecule has 2 heterocycles. The molecule has 2 unspecified atom stereocenters. The van der Waals surface area contributed by atoms with Crippen LogP contribution in [-0.2, 0) is 7.05 Å². The summed E-state index contributed by atoms with van der Waals surface area (Å²) in [6.45, 7) is 9.39. The highest BCUT2D eigenvalue weighted by molar-refractivity contribution is 6.10. The first kappa shape index (κ1) is 29.2. The summed E-state index contributed by atoms with van der Waals surface area (Å²) in [5.41, 5.74) is 14.1. The van der Waals surface area contributed by atoms with Crippen LogP contribution in [0.3, 0.4) is 0 Å². The number of hydrogen-bond acceptors (Lipinski definition) is 0. The maximum absolute atomic E-state index is 2.50. The number of rotatable bonds is 4. The van der Waals surface area contributed by atoms with Crippen LogP contribution in [-0.4, -0.2) is 4.57 Å². The molecule has 0 N–H and O–H groups in total. The van der Waals surface area contributed by atoms with Gasteiger partial charge in [-0.25, -0.2) is 0 Å².